The van der Waals surface area contributed by atoms with E-state index in [0.717, 1.165) is 38.2 Å². The van der Waals surface area contributed by atoms with Gasteiger partial charge in [-0.3, -0.25) is 0 Å². The first-order chi connectivity index (χ1) is 7.98. The maximum absolute atomic E-state index is 13.0. The van der Waals surface area contributed by atoms with Gasteiger partial charge in [-0.25, -0.2) is 4.98 Å². The molecule has 1 fully saturated rings. The topological polar surface area (TPSA) is 12.9 Å². The average Bonchev–Trinajstić information content (AvgIpc) is 2.29. The number of rotatable bonds is 1. The first-order valence-electron chi connectivity index (χ1n) is 5.71. The molecule has 1 heterocycles. The number of halogens is 4. The molecule has 1 aromatic rings. The minimum absolute atomic E-state index is 0.0953. The molecule has 0 radical (unpaired) electrons. The Balaban J connectivity index is 2.30. The summed E-state index contributed by atoms with van der Waals surface area (Å²) < 4.78 is 50.5. The molecule has 0 aromatic carbocycles. The predicted octanol–water partition coefficient (Wildman–Crippen LogP) is 4.29. The van der Waals surface area contributed by atoms with Crippen molar-refractivity contribution in [1.82, 2.24) is 4.98 Å². The van der Waals surface area contributed by atoms with Crippen molar-refractivity contribution in [1.29, 1.82) is 0 Å². The number of pyridine rings is 1. The molecule has 2 rings (SSSR count). The maximum Gasteiger partial charge on any atom is 0.420 e. The molecule has 17 heavy (non-hydrogen) atoms. The van der Waals surface area contributed by atoms with E-state index >= 15 is 0 Å². The predicted molar refractivity (Wildman–Crippen MR) is 55.0 cm³/mol. The zero-order chi connectivity index (χ0) is 12.5. The SMILES string of the molecule is Fc1ncc(C2CCCCC2)cc1C(F)(F)F. The summed E-state index contributed by atoms with van der Waals surface area (Å²) in [5.74, 6) is -1.34. The lowest BCUT2D eigenvalue weighted by Gasteiger charge is -2.22. The third-order valence-corrected chi connectivity index (χ3v) is 3.24. The van der Waals surface area contributed by atoms with Crippen LogP contribution in [0, 0.1) is 5.95 Å². The summed E-state index contributed by atoms with van der Waals surface area (Å²) in [6.07, 6.45) is 1.46. The molecule has 1 aromatic heterocycles. The van der Waals surface area contributed by atoms with Crippen LogP contribution < -0.4 is 0 Å². The van der Waals surface area contributed by atoms with Crippen LogP contribution in [-0.2, 0) is 6.18 Å². The number of hydrogen-bond donors (Lipinski definition) is 0. The van der Waals surface area contributed by atoms with Gasteiger partial charge < -0.3 is 0 Å². The zero-order valence-electron chi connectivity index (χ0n) is 9.23. The van der Waals surface area contributed by atoms with E-state index in [9.17, 15) is 17.6 Å². The Morgan fingerprint density at radius 1 is 1.12 bits per heavy atom. The van der Waals surface area contributed by atoms with Crippen LogP contribution in [0.1, 0.15) is 49.1 Å². The highest BCUT2D eigenvalue weighted by Crippen LogP contribution is 2.36. The summed E-state index contributed by atoms with van der Waals surface area (Å²) in [6, 6.07) is 0.915. The lowest BCUT2D eigenvalue weighted by atomic mass is 9.84. The molecule has 0 unspecified atom stereocenters. The lowest BCUT2D eigenvalue weighted by Crippen LogP contribution is -2.12. The summed E-state index contributed by atoms with van der Waals surface area (Å²) in [5, 5.41) is 0. The van der Waals surface area contributed by atoms with Crippen LogP contribution in [0.5, 0.6) is 0 Å². The third kappa shape index (κ3) is 2.76. The van der Waals surface area contributed by atoms with Gasteiger partial charge in [-0.15, -0.1) is 0 Å². The summed E-state index contributed by atoms with van der Waals surface area (Å²) in [4.78, 5) is 3.23. The van der Waals surface area contributed by atoms with Crippen molar-refractivity contribution in [2.24, 2.45) is 0 Å². The lowest BCUT2D eigenvalue weighted by molar-refractivity contribution is -0.140. The molecule has 0 bridgehead atoms. The molecular weight excluding hydrogens is 234 g/mol. The number of aromatic nitrogens is 1. The van der Waals surface area contributed by atoms with E-state index in [0.29, 0.717) is 5.56 Å². The standard InChI is InChI=1S/C12H13F4N/c13-11-10(12(14,15)16)6-9(7-17-11)8-4-2-1-3-5-8/h6-8H,1-5H2. The van der Waals surface area contributed by atoms with Crippen LogP contribution in [0.2, 0.25) is 0 Å². The maximum atomic E-state index is 13.0. The van der Waals surface area contributed by atoms with Crippen LogP contribution in [-0.4, -0.2) is 4.98 Å². The van der Waals surface area contributed by atoms with Gasteiger partial charge in [0.25, 0.3) is 0 Å². The van der Waals surface area contributed by atoms with Crippen molar-refractivity contribution in [2.75, 3.05) is 0 Å². The highest BCUT2D eigenvalue weighted by atomic mass is 19.4. The molecule has 94 valence electrons. The second-order valence-corrected chi connectivity index (χ2v) is 4.44. The first-order valence-corrected chi connectivity index (χ1v) is 5.71. The average molecular weight is 247 g/mol. The minimum atomic E-state index is -4.66. The Bertz CT molecular complexity index is 394. The van der Waals surface area contributed by atoms with Crippen molar-refractivity contribution in [3.8, 4) is 0 Å². The Morgan fingerprint density at radius 3 is 2.35 bits per heavy atom. The molecule has 0 spiro atoms. The second-order valence-electron chi connectivity index (χ2n) is 4.44. The molecule has 5 heteroatoms. The van der Waals surface area contributed by atoms with Crippen molar-refractivity contribution in [3.05, 3.63) is 29.3 Å². The van der Waals surface area contributed by atoms with Crippen molar-refractivity contribution >= 4 is 0 Å². The van der Waals surface area contributed by atoms with E-state index in [1.807, 2.05) is 0 Å². The fourth-order valence-electron chi connectivity index (χ4n) is 2.32. The van der Waals surface area contributed by atoms with E-state index in [-0.39, 0.29) is 5.92 Å². The van der Waals surface area contributed by atoms with E-state index in [1.54, 1.807) is 0 Å². The van der Waals surface area contributed by atoms with E-state index in [4.69, 9.17) is 0 Å². The normalized spacial score (nSPS) is 18.4. The van der Waals surface area contributed by atoms with Gasteiger partial charge in [-0.1, -0.05) is 19.3 Å². The van der Waals surface area contributed by atoms with Gasteiger partial charge in [0.05, 0.1) is 0 Å². The number of nitrogens with zero attached hydrogens (tertiary/aromatic N) is 1. The molecule has 0 aliphatic heterocycles. The van der Waals surface area contributed by atoms with Crippen LogP contribution in [0.25, 0.3) is 0 Å². The molecule has 1 aliphatic rings. The molecule has 1 nitrogen and oxygen atoms in total. The van der Waals surface area contributed by atoms with Gasteiger partial charge in [0.15, 0.2) is 0 Å². The zero-order valence-corrected chi connectivity index (χ0v) is 9.23. The summed E-state index contributed by atoms with van der Waals surface area (Å²) in [5.41, 5.74) is -0.737. The van der Waals surface area contributed by atoms with Crippen molar-refractivity contribution in [2.45, 2.75) is 44.2 Å². The van der Waals surface area contributed by atoms with Gasteiger partial charge in [0.1, 0.15) is 5.56 Å². The van der Waals surface area contributed by atoms with Crippen LogP contribution in [0.15, 0.2) is 12.3 Å². The van der Waals surface area contributed by atoms with E-state index < -0.39 is 17.7 Å². The van der Waals surface area contributed by atoms with Crippen LogP contribution in [0.4, 0.5) is 17.6 Å². The molecular formula is C12H13F4N. The fraction of sp³-hybridized carbons (Fsp3) is 0.583. The summed E-state index contributed by atoms with van der Waals surface area (Å²) in [7, 11) is 0. The van der Waals surface area contributed by atoms with Gasteiger partial charge >= 0.3 is 6.18 Å². The molecule has 0 N–H and O–H groups in total. The Labute approximate surface area is 96.9 Å². The van der Waals surface area contributed by atoms with Gasteiger partial charge in [0, 0.05) is 6.20 Å². The quantitative estimate of drug-likeness (QED) is 0.533. The van der Waals surface area contributed by atoms with Crippen LogP contribution >= 0.6 is 0 Å². The Morgan fingerprint density at radius 2 is 1.76 bits per heavy atom. The van der Waals surface area contributed by atoms with Gasteiger partial charge in [-0.2, -0.15) is 17.6 Å². The van der Waals surface area contributed by atoms with Crippen molar-refractivity contribution in [3.63, 3.8) is 0 Å². The van der Waals surface area contributed by atoms with Crippen molar-refractivity contribution < 1.29 is 17.6 Å². The number of hydrogen-bond acceptors (Lipinski definition) is 1. The highest BCUT2D eigenvalue weighted by molar-refractivity contribution is 5.25. The Kier molecular flexibility index (Phi) is 3.35. The third-order valence-electron chi connectivity index (χ3n) is 3.24. The Hall–Kier alpha value is -1.13. The van der Waals surface area contributed by atoms with Gasteiger partial charge in [0.2, 0.25) is 5.95 Å². The van der Waals surface area contributed by atoms with E-state index in [2.05, 4.69) is 4.98 Å². The molecule has 1 aliphatic carbocycles. The summed E-state index contributed by atoms with van der Waals surface area (Å²) in [6.45, 7) is 0. The number of alkyl halides is 3. The first kappa shape index (κ1) is 12.3. The van der Waals surface area contributed by atoms with Crippen LogP contribution in [0.3, 0.4) is 0 Å². The molecule has 0 atom stereocenters. The fourth-order valence-corrected chi connectivity index (χ4v) is 2.32. The highest BCUT2D eigenvalue weighted by Gasteiger charge is 2.35. The summed E-state index contributed by atoms with van der Waals surface area (Å²) >= 11 is 0. The van der Waals surface area contributed by atoms with E-state index in [1.165, 1.54) is 6.20 Å². The largest absolute Gasteiger partial charge is 0.420 e. The minimum Gasteiger partial charge on any atom is -0.228 e. The smallest absolute Gasteiger partial charge is 0.228 e. The van der Waals surface area contributed by atoms with Gasteiger partial charge in [-0.05, 0) is 30.4 Å². The monoisotopic (exact) mass is 247 g/mol. The molecule has 1 saturated carbocycles. The molecule has 0 saturated heterocycles. The molecule has 0 amide bonds. The second kappa shape index (κ2) is 4.63.